The third-order valence-electron chi connectivity index (χ3n) is 9.20. The topological polar surface area (TPSA) is 118 Å². The second-order valence-electron chi connectivity index (χ2n) is 14.3. The van der Waals surface area contributed by atoms with Gasteiger partial charge in [-0.1, -0.05) is 98.5 Å². The standard InChI is InChI=1S/C37H54N8O2S/c1-6-7-8-9-10-11-12-13-14-17-26-48(46,47)39-24-21-32-41-36-34(35(37(3,4)5)43-45(36)42-32)40-29-19-20-31-30(27-29)28(2)22-25-44(31)33-18-15-16-23-38-33/h15-16,18-20,23,27-28,39H,6-14,17,21-22,24-26H2,1-5H3/b40-34-. The van der Waals surface area contributed by atoms with Gasteiger partial charge in [0.2, 0.25) is 15.8 Å². The number of nitrogens with zero attached hydrogens (tertiary/aromatic N) is 7. The molecule has 0 amide bonds. The molecule has 1 unspecified atom stereocenters. The third-order valence-corrected chi connectivity index (χ3v) is 10.7. The van der Waals surface area contributed by atoms with Crippen LogP contribution in [0.25, 0.3) is 0 Å². The molecule has 0 radical (unpaired) electrons. The smallest absolute Gasteiger partial charge is 0.211 e. The van der Waals surface area contributed by atoms with Crippen molar-refractivity contribution >= 4 is 38.6 Å². The highest BCUT2D eigenvalue weighted by atomic mass is 32.2. The van der Waals surface area contributed by atoms with Crippen LogP contribution in [0.2, 0.25) is 0 Å². The molecule has 10 nitrogen and oxygen atoms in total. The Morgan fingerprint density at radius 2 is 1.71 bits per heavy atom. The monoisotopic (exact) mass is 674 g/mol. The van der Waals surface area contributed by atoms with Crippen LogP contribution in [-0.2, 0) is 16.4 Å². The Bertz CT molecular complexity index is 1670. The number of aliphatic imine (C=N–C) groups is 1. The maximum atomic E-state index is 12.6. The van der Waals surface area contributed by atoms with Gasteiger partial charge < -0.3 is 4.90 Å². The van der Waals surface area contributed by atoms with Crippen molar-refractivity contribution in [1.82, 2.24) is 24.6 Å². The number of sulfonamides is 1. The van der Waals surface area contributed by atoms with Gasteiger partial charge in [-0.25, -0.2) is 28.1 Å². The Kier molecular flexibility index (Phi) is 12.2. The molecule has 1 aromatic carbocycles. The van der Waals surface area contributed by atoms with E-state index in [-0.39, 0.29) is 17.7 Å². The molecule has 0 bridgehead atoms. The molecule has 2 aromatic heterocycles. The second kappa shape index (κ2) is 16.3. The minimum absolute atomic E-state index is 0.158. The molecule has 48 heavy (non-hydrogen) atoms. The van der Waals surface area contributed by atoms with E-state index < -0.39 is 10.0 Å². The minimum atomic E-state index is -3.34. The van der Waals surface area contributed by atoms with Crippen molar-refractivity contribution in [2.75, 3.05) is 23.7 Å². The van der Waals surface area contributed by atoms with E-state index in [4.69, 9.17) is 15.1 Å². The maximum Gasteiger partial charge on any atom is 0.211 e. The lowest BCUT2D eigenvalue weighted by Gasteiger charge is -2.34. The predicted molar refractivity (Wildman–Crippen MR) is 197 cm³/mol. The SMILES string of the molecule is CCCCCCCCCCCCS(=O)(=O)NCCc1nc2n(n1)N=C(C(C)(C)C)/C2=N/c1ccc2c(c1)C(C)CCN2c1ccccn1. The zero-order chi connectivity index (χ0) is 34.1. The Morgan fingerprint density at radius 1 is 0.979 bits per heavy atom. The number of aromatic nitrogens is 4. The van der Waals surface area contributed by atoms with E-state index in [0.29, 0.717) is 36.1 Å². The molecule has 11 heteroatoms. The van der Waals surface area contributed by atoms with E-state index in [2.05, 4.69) is 66.5 Å². The van der Waals surface area contributed by atoms with Crippen LogP contribution in [0.5, 0.6) is 0 Å². The number of unbranched alkanes of at least 4 members (excludes halogenated alkanes) is 9. The highest BCUT2D eigenvalue weighted by Gasteiger charge is 2.35. The summed E-state index contributed by atoms with van der Waals surface area (Å²) in [5, 5.41) is 9.40. The van der Waals surface area contributed by atoms with Gasteiger partial charge in [0.15, 0.2) is 5.82 Å². The predicted octanol–water partition coefficient (Wildman–Crippen LogP) is 8.09. The number of pyridine rings is 1. The average molecular weight is 675 g/mol. The van der Waals surface area contributed by atoms with Gasteiger partial charge in [-0.3, -0.25) is 0 Å². The maximum absolute atomic E-state index is 12.6. The summed E-state index contributed by atoms with van der Waals surface area (Å²) in [5.41, 5.74) is 4.49. The molecule has 3 aromatic rings. The zero-order valence-electron chi connectivity index (χ0n) is 29.6. The molecule has 0 saturated carbocycles. The van der Waals surface area contributed by atoms with Crippen LogP contribution in [0, 0.1) is 5.41 Å². The minimum Gasteiger partial charge on any atom is -0.326 e. The number of hydrogen-bond acceptors (Lipinski definition) is 8. The van der Waals surface area contributed by atoms with E-state index in [1.165, 1.54) is 50.5 Å². The van der Waals surface area contributed by atoms with Crippen molar-refractivity contribution in [1.29, 1.82) is 0 Å². The van der Waals surface area contributed by atoms with Crippen LogP contribution in [0.15, 0.2) is 52.7 Å². The Balaban J connectivity index is 1.20. The van der Waals surface area contributed by atoms with Gasteiger partial charge in [-0.05, 0) is 54.7 Å². The molecular formula is C37H54N8O2S. The molecule has 260 valence electrons. The fourth-order valence-electron chi connectivity index (χ4n) is 6.43. The molecule has 0 saturated heterocycles. The van der Waals surface area contributed by atoms with Crippen molar-refractivity contribution in [3.63, 3.8) is 0 Å². The number of fused-ring (bicyclic) bond motifs is 2. The molecule has 2 aliphatic rings. The molecule has 0 aliphatic carbocycles. The Morgan fingerprint density at radius 3 is 2.40 bits per heavy atom. The number of hydrogen-bond donors (Lipinski definition) is 1. The summed E-state index contributed by atoms with van der Waals surface area (Å²) in [6.07, 6.45) is 15.0. The summed E-state index contributed by atoms with van der Waals surface area (Å²) in [7, 11) is -3.34. The summed E-state index contributed by atoms with van der Waals surface area (Å²) >= 11 is 0. The lowest BCUT2D eigenvalue weighted by atomic mass is 9.87. The van der Waals surface area contributed by atoms with Crippen molar-refractivity contribution in [2.45, 2.75) is 118 Å². The van der Waals surface area contributed by atoms with Crippen molar-refractivity contribution in [3.8, 4) is 0 Å². The second-order valence-corrected chi connectivity index (χ2v) is 16.2. The average Bonchev–Trinajstić information content (AvgIpc) is 3.61. The number of rotatable bonds is 17. The van der Waals surface area contributed by atoms with Crippen molar-refractivity contribution < 1.29 is 8.42 Å². The fraction of sp³-hybridized carbons (Fsp3) is 0.595. The van der Waals surface area contributed by atoms with Crippen LogP contribution in [0.1, 0.15) is 128 Å². The fourth-order valence-corrected chi connectivity index (χ4v) is 7.57. The van der Waals surface area contributed by atoms with E-state index in [9.17, 15) is 8.42 Å². The van der Waals surface area contributed by atoms with Gasteiger partial charge in [0.25, 0.3) is 0 Å². The largest absolute Gasteiger partial charge is 0.326 e. The summed E-state index contributed by atoms with van der Waals surface area (Å²) in [4.78, 5) is 18.3. The lowest BCUT2D eigenvalue weighted by Crippen LogP contribution is -2.29. The van der Waals surface area contributed by atoms with Crippen LogP contribution >= 0.6 is 0 Å². The van der Waals surface area contributed by atoms with Crippen LogP contribution < -0.4 is 9.62 Å². The summed E-state index contributed by atoms with van der Waals surface area (Å²) in [6.45, 7) is 12.0. The zero-order valence-corrected chi connectivity index (χ0v) is 30.4. The van der Waals surface area contributed by atoms with Gasteiger partial charge in [0.05, 0.1) is 17.2 Å². The molecule has 1 N–H and O–H groups in total. The summed E-state index contributed by atoms with van der Waals surface area (Å²) in [6, 6.07) is 12.4. The number of nitrogens with one attached hydrogen (secondary N) is 1. The van der Waals surface area contributed by atoms with Gasteiger partial charge in [0.1, 0.15) is 11.5 Å². The van der Waals surface area contributed by atoms with E-state index in [1.54, 1.807) is 4.79 Å². The van der Waals surface area contributed by atoms with Gasteiger partial charge in [-0.15, -0.1) is 9.89 Å². The quantitative estimate of drug-likeness (QED) is 0.145. The molecule has 5 rings (SSSR count). The molecule has 4 heterocycles. The Hall–Kier alpha value is -3.44. The van der Waals surface area contributed by atoms with E-state index in [0.717, 1.165) is 48.7 Å². The first-order valence-corrected chi connectivity index (χ1v) is 19.7. The van der Waals surface area contributed by atoms with Gasteiger partial charge >= 0.3 is 0 Å². The molecule has 0 spiro atoms. The first-order chi connectivity index (χ1) is 23.1. The first kappa shape index (κ1) is 35.9. The van der Waals surface area contributed by atoms with Crippen LogP contribution in [0.4, 0.5) is 17.2 Å². The van der Waals surface area contributed by atoms with Crippen molar-refractivity contribution in [2.24, 2.45) is 15.5 Å². The molecule has 0 fully saturated rings. The first-order valence-electron chi connectivity index (χ1n) is 18.0. The summed E-state index contributed by atoms with van der Waals surface area (Å²) in [5.74, 6) is 2.63. The molecule has 1 atom stereocenters. The number of anilines is 2. The molecular weight excluding hydrogens is 621 g/mol. The van der Waals surface area contributed by atoms with Gasteiger partial charge in [-0.2, -0.15) is 5.10 Å². The highest BCUT2D eigenvalue weighted by Crippen LogP contribution is 2.40. The Labute approximate surface area is 287 Å². The van der Waals surface area contributed by atoms with E-state index in [1.807, 2.05) is 30.5 Å². The number of benzene rings is 1. The van der Waals surface area contributed by atoms with Gasteiger partial charge in [0, 0.05) is 36.8 Å². The van der Waals surface area contributed by atoms with Crippen molar-refractivity contribution in [3.05, 3.63) is 59.8 Å². The normalized spacial score (nSPS) is 17.1. The summed E-state index contributed by atoms with van der Waals surface area (Å²) < 4.78 is 28.0. The lowest BCUT2D eigenvalue weighted by molar-refractivity contribution is 0.554. The van der Waals surface area contributed by atoms with Crippen LogP contribution in [0.3, 0.4) is 0 Å². The highest BCUT2D eigenvalue weighted by molar-refractivity contribution is 7.89. The van der Waals surface area contributed by atoms with E-state index >= 15 is 0 Å². The van der Waals surface area contributed by atoms with Crippen LogP contribution in [-0.4, -0.2) is 58.5 Å². The third kappa shape index (κ3) is 9.37. The molecule has 2 aliphatic heterocycles.